The Bertz CT molecular complexity index is 2440. The van der Waals surface area contributed by atoms with Gasteiger partial charge < -0.3 is 75.1 Å². The number of nitrogens with one attached hydrogen (secondary N) is 4. The summed E-state index contributed by atoms with van der Waals surface area (Å²) < 4.78 is 41.1. The van der Waals surface area contributed by atoms with Gasteiger partial charge in [-0.05, 0) is 48.9 Å². The van der Waals surface area contributed by atoms with Gasteiger partial charge in [-0.1, -0.05) is 41.6 Å². The topological polar surface area (TPSA) is 358 Å². The Labute approximate surface area is 413 Å². The number of unbranched alkanes of at least 4 members (excludes halogenated alkanes) is 1. The molecular formula is C46H61N11O15. The van der Waals surface area contributed by atoms with Crippen molar-refractivity contribution in [3.8, 4) is 17.1 Å². The summed E-state index contributed by atoms with van der Waals surface area (Å²) in [4.78, 5) is 73.8. The second-order valence-corrected chi connectivity index (χ2v) is 15.7. The summed E-state index contributed by atoms with van der Waals surface area (Å²) >= 11 is 0. The van der Waals surface area contributed by atoms with E-state index >= 15 is 0 Å². The number of carboxylic acid groups (broad SMARTS) is 3. The number of aromatic nitrogens is 7. The van der Waals surface area contributed by atoms with Crippen LogP contribution in [0.25, 0.3) is 22.4 Å². The van der Waals surface area contributed by atoms with Crippen LogP contribution in [-0.2, 0) is 62.6 Å². The Kier molecular flexibility index (Phi) is 24.0. The van der Waals surface area contributed by atoms with Crippen molar-refractivity contribution in [1.82, 2.24) is 50.9 Å². The molecule has 0 aliphatic rings. The Balaban J connectivity index is 0.794. The summed E-state index contributed by atoms with van der Waals surface area (Å²) in [6.07, 6.45) is 3.15. The molecule has 3 heterocycles. The summed E-state index contributed by atoms with van der Waals surface area (Å²) in [5.41, 5.74) is 10.5. The Morgan fingerprint density at radius 1 is 0.681 bits per heavy atom. The fourth-order valence-electron chi connectivity index (χ4n) is 6.51. The number of ether oxygens (including phenoxy) is 7. The molecule has 0 bridgehead atoms. The molecule has 0 aliphatic carbocycles. The van der Waals surface area contributed by atoms with Gasteiger partial charge >= 0.3 is 23.9 Å². The Morgan fingerprint density at radius 3 is 1.85 bits per heavy atom. The highest BCUT2D eigenvalue weighted by Gasteiger charge is 2.25. The monoisotopic (exact) mass is 1010 g/mol. The predicted molar refractivity (Wildman–Crippen MR) is 254 cm³/mol. The number of nitrogens with two attached hydrogens (primary N) is 1. The van der Waals surface area contributed by atoms with E-state index in [1.54, 1.807) is 35.1 Å². The number of rotatable bonds is 37. The fraction of sp³-hybridized carbons (Fsp3) is 0.478. The van der Waals surface area contributed by atoms with Crippen molar-refractivity contribution in [3.05, 3.63) is 77.7 Å². The second kappa shape index (κ2) is 31.1. The number of carbonyl (C=O) groups is 5. The fourth-order valence-corrected chi connectivity index (χ4v) is 6.51. The van der Waals surface area contributed by atoms with E-state index in [9.17, 15) is 34.2 Å². The van der Waals surface area contributed by atoms with Crippen LogP contribution in [0.5, 0.6) is 5.88 Å². The molecule has 0 spiro atoms. The van der Waals surface area contributed by atoms with E-state index in [2.05, 4.69) is 46.2 Å². The van der Waals surface area contributed by atoms with Gasteiger partial charge in [-0.25, -0.2) is 24.0 Å². The average Bonchev–Trinajstić information content (AvgIpc) is 4.05. The van der Waals surface area contributed by atoms with Gasteiger partial charge in [-0.3, -0.25) is 9.59 Å². The molecule has 5 rings (SSSR count). The minimum Gasteiger partial charge on any atom is -0.481 e. The van der Waals surface area contributed by atoms with Crippen LogP contribution >= 0.6 is 0 Å². The predicted octanol–water partition coefficient (Wildman–Crippen LogP) is 2.04. The summed E-state index contributed by atoms with van der Waals surface area (Å²) in [7, 11) is 0. The first-order chi connectivity index (χ1) is 34.9. The number of carboxylic acids is 3. The summed E-state index contributed by atoms with van der Waals surface area (Å²) in [6, 6.07) is 10.8. The lowest BCUT2D eigenvalue weighted by atomic mass is 10.1. The van der Waals surface area contributed by atoms with Gasteiger partial charge in [0.05, 0.1) is 98.4 Å². The van der Waals surface area contributed by atoms with Crippen molar-refractivity contribution >= 4 is 47.0 Å². The number of benzene rings is 2. The Morgan fingerprint density at radius 2 is 1.25 bits per heavy atom. The molecule has 26 heteroatoms. The smallest absolute Gasteiger partial charge is 0.326 e. The van der Waals surface area contributed by atoms with Gasteiger partial charge in [0.15, 0.2) is 11.2 Å². The molecule has 0 saturated carbocycles. The molecule has 2 aromatic carbocycles. The van der Waals surface area contributed by atoms with Crippen molar-refractivity contribution in [2.45, 2.75) is 63.9 Å². The van der Waals surface area contributed by atoms with Crippen LogP contribution in [0, 0.1) is 0 Å². The normalized spacial score (nSPS) is 12.1. The van der Waals surface area contributed by atoms with E-state index in [0.717, 1.165) is 16.7 Å². The first-order valence-electron chi connectivity index (χ1n) is 23.1. The third kappa shape index (κ3) is 20.5. The molecule has 72 heavy (non-hydrogen) atoms. The number of hydrogen-bond acceptors (Lipinski definition) is 18. The zero-order chi connectivity index (χ0) is 51.3. The van der Waals surface area contributed by atoms with E-state index in [1.807, 2.05) is 24.3 Å². The molecule has 26 nitrogen and oxygen atoms in total. The van der Waals surface area contributed by atoms with Gasteiger partial charge in [0.2, 0.25) is 11.8 Å². The number of aliphatic carboxylic acids is 3. The van der Waals surface area contributed by atoms with Crippen LogP contribution < -0.4 is 26.4 Å². The molecule has 0 radical (unpaired) electrons. The molecule has 0 fully saturated rings. The average molecular weight is 1010 g/mol. The highest BCUT2D eigenvalue weighted by atomic mass is 16.6. The molecule has 3 amide bonds. The van der Waals surface area contributed by atoms with E-state index < -0.39 is 42.4 Å². The van der Waals surface area contributed by atoms with Crippen LogP contribution in [0.3, 0.4) is 0 Å². The summed E-state index contributed by atoms with van der Waals surface area (Å²) in [5.74, 6) is -3.92. The van der Waals surface area contributed by atoms with E-state index in [1.165, 1.54) is 6.33 Å². The van der Waals surface area contributed by atoms with Crippen LogP contribution in [0.4, 0.5) is 10.7 Å². The van der Waals surface area contributed by atoms with E-state index in [4.69, 9.17) is 44.0 Å². The molecular weight excluding hydrogens is 947 g/mol. The first kappa shape index (κ1) is 55.6. The number of hydrogen-bond donors (Lipinski definition) is 8. The van der Waals surface area contributed by atoms with E-state index in [-0.39, 0.29) is 31.2 Å². The number of nitrogens with zero attached hydrogens (tertiary/aromatic N) is 6. The van der Waals surface area contributed by atoms with Crippen molar-refractivity contribution in [2.75, 3.05) is 85.0 Å². The lowest BCUT2D eigenvalue weighted by molar-refractivity contribution is -0.140. The number of amides is 3. The van der Waals surface area contributed by atoms with Gasteiger partial charge in [0.1, 0.15) is 24.4 Å². The zero-order valence-electron chi connectivity index (χ0n) is 39.6. The number of anilines is 1. The molecule has 2 atom stereocenters. The maximum atomic E-state index is 12.7. The quantitative estimate of drug-likeness (QED) is 0.0264. The van der Waals surface area contributed by atoms with Gasteiger partial charge in [-0.2, -0.15) is 9.97 Å². The molecule has 0 unspecified atom stereocenters. The summed E-state index contributed by atoms with van der Waals surface area (Å²) in [6.45, 7) is 6.19. The molecule has 5 aromatic rings. The highest BCUT2D eigenvalue weighted by Crippen LogP contribution is 2.21. The molecule has 0 saturated heterocycles. The summed E-state index contributed by atoms with van der Waals surface area (Å²) in [5, 5.41) is 42.8. The molecule has 3 aromatic heterocycles. The number of urea groups is 1. The number of aromatic amines is 1. The van der Waals surface area contributed by atoms with Gasteiger partial charge in [-0.15, -0.1) is 5.10 Å². The number of nitrogen functional groups attached to an aromatic ring is 1. The van der Waals surface area contributed by atoms with Crippen LogP contribution in [0.2, 0.25) is 0 Å². The van der Waals surface area contributed by atoms with Crippen molar-refractivity contribution < 1.29 is 72.5 Å². The number of carbonyl (C=O) groups excluding carboxylic acids is 2. The maximum absolute atomic E-state index is 12.7. The Hall–Kier alpha value is -7.36. The zero-order valence-corrected chi connectivity index (χ0v) is 39.6. The standard InChI is InChI=1S/C46H61N11O15/c47-45-53-40-39(49-30-50-40)42(54-45)72-29-32-6-4-31(5-7-32)28-71-26-25-70-24-23-69-22-21-68-20-19-67-18-17-66-16-15-57-27-37(55-56-57)33-8-10-34(11-9-33)41(60)48-14-2-1-3-35(43(61)62)51-46(65)52-36(44(63)64)12-13-38(58)59/h4-11,27,30,35-36H,1-3,12-26,28-29H2,(H,48,60)(H,58,59)(H,61,62)(H,63,64)(H2,51,52,65)(H3,47,49,50,53,54)/t35-,36-/m0/s1. The van der Waals surface area contributed by atoms with Crippen LogP contribution in [0.15, 0.2) is 61.1 Å². The van der Waals surface area contributed by atoms with E-state index in [0.29, 0.717) is 134 Å². The maximum Gasteiger partial charge on any atom is 0.326 e. The van der Waals surface area contributed by atoms with Crippen LogP contribution in [-0.4, -0.2) is 171 Å². The largest absolute Gasteiger partial charge is 0.481 e. The number of H-pyrrole nitrogens is 1. The lowest BCUT2D eigenvalue weighted by Gasteiger charge is -2.18. The second-order valence-electron chi connectivity index (χ2n) is 15.7. The number of fused-ring (bicyclic) bond motifs is 1. The third-order valence-corrected chi connectivity index (χ3v) is 10.3. The van der Waals surface area contributed by atoms with Crippen molar-refractivity contribution in [3.63, 3.8) is 0 Å². The molecule has 390 valence electrons. The number of imidazole rings is 1. The molecule has 9 N–H and O–H groups in total. The van der Waals surface area contributed by atoms with Crippen LogP contribution in [0.1, 0.15) is 53.6 Å². The molecule has 0 aliphatic heterocycles. The van der Waals surface area contributed by atoms with Gasteiger partial charge in [0, 0.05) is 24.1 Å². The first-order valence-corrected chi connectivity index (χ1v) is 23.1. The van der Waals surface area contributed by atoms with Crippen molar-refractivity contribution in [1.29, 1.82) is 0 Å². The SMILES string of the molecule is Nc1nc(OCc2ccc(COCCOCCOCCOCCOCCOCCn3cc(-c4ccc(C(=O)NCCCC[C@H](NC(=O)N[C@@H](CCC(=O)O)C(=O)O)C(=O)O)cc4)nn3)cc2)c2nc[nH]c2n1. The minimum absolute atomic E-state index is 0.00850. The lowest BCUT2D eigenvalue weighted by Crippen LogP contribution is -2.51. The highest BCUT2D eigenvalue weighted by molar-refractivity contribution is 5.94. The van der Waals surface area contributed by atoms with Crippen molar-refractivity contribution in [2.24, 2.45) is 0 Å². The third-order valence-electron chi connectivity index (χ3n) is 10.3. The van der Waals surface area contributed by atoms with Gasteiger partial charge in [0.25, 0.3) is 5.91 Å². The minimum atomic E-state index is -1.50.